The van der Waals surface area contributed by atoms with Gasteiger partial charge in [0, 0.05) is 6.54 Å². The van der Waals surface area contributed by atoms with E-state index in [1.165, 1.54) is 22.3 Å². The van der Waals surface area contributed by atoms with E-state index in [4.69, 9.17) is 5.84 Å². The van der Waals surface area contributed by atoms with Crippen LogP contribution in [0.4, 0.5) is 0 Å². The molecule has 3 N–H and O–H groups in total. The van der Waals surface area contributed by atoms with Crippen LogP contribution in [0.25, 0.3) is 0 Å². The van der Waals surface area contributed by atoms with Gasteiger partial charge in [-0.25, -0.2) is 0 Å². The molecular weight excluding hydrogens is 148 g/mol. The number of nitrogens with two attached hydrogens (primary N) is 1. The minimum atomic E-state index is 0.748. The normalized spacial score (nSPS) is 10.3. The smallest absolute Gasteiger partial charge is 0.0353 e. The van der Waals surface area contributed by atoms with E-state index in [0.29, 0.717) is 0 Å². The molecule has 0 aromatic heterocycles. The summed E-state index contributed by atoms with van der Waals surface area (Å²) in [5, 5.41) is 0. The molecule has 2 nitrogen and oxygen atoms in total. The molecule has 0 radical (unpaired) electrons. The molecule has 0 aliphatic rings. The summed E-state index contributed by atoms with van der Waals surface area (Å²) < 4.78 is 0. The van der Waals surface area contributed by atoms with Crippen molar-refractivity contribution >= 4 is 0 Å². The number of nitrogens with one attached hydrogen (secondary N) is 1. The van der Waals surface area contributed by atoms with Gasteiger partial charge in [0.25, 0.3) is 0 Å². The lowest BCUT2D eigenvalue weighted by molar-refractivity contribution is 0.733. The molecule has 1 rings (SSSR count). The molecular formula is C10H16N2. The van der Waals surface area contributed by atoms with Gasteiger partial charge in [0.05, 0.1) is 0 Å². The summed E-state index contributed by atoms with van der Waals surface area (Å²) in [5.41, 5.74) is 7.93. The Labute approximate surface area is 73.8 Å². The van der Waals surface area contributed by atoms with E-state index in [1.807, 2.05) is 0 Å². The number of hydrogen-bond acceptors (Lipinski definition) is 2. The Kier molecular flexibility index (Phi) is 2.84. The Morgan fingerprint density at radius 3 is 2.08 bits per heavy atom. The summed E-state index contributed by atoms with van der Waals surface area (Å²) in [5.74, 6) is 5.29. The fourth-order valence-electron chi connectivity index (χ4n) is 1.59. The van der Waals surface area contributed by atoms with E-state index >= 15 is 0 Å². The number of hydrogen-bond donors (Lipinski definition) is 2. The second-order valence-electron chi connectivity index (χ2n) is 3.26. The number of benzene rings is 1. The number of hydrazine groups is 1. The predicted octanol–water partition coefficient (Wildman–Crippen LogP) is 1.58. The fraction of sp³-hybridized carbons (Fsp3) is 0.400. The van der Waals surface area contributed by atoms with Crippen LogP contribution in [-0.4, -0.2) is 0 Å². The number of rotatable bonds is 2. The highest BCUT2D eigenvalue weighted by atomic mass is 15.2. The molecule has 2 heteroatoms. The van der Waals surface area contributed by atoms with E-state index in [0.717, 1.165) is 6.54 Å². The van der Waals surface area contributed by atoms with Gasteiger partial charge in [0.2, 0.25) is 0 Å². The molecule has 1 aromatic rings. The van der Waals surface area contributed by atoms with E-state index in [2.05, 4.69) is 38.3 Å². The highest BCUT2D eigenvalue weighted by molar-refractivity contribution is 5.37. The third kappa shape index (κ3) is 1.84. The summed E-state index contributed by atoms with van der Waals surface area (Å²) in [4.78, 5) is 0. The van der Waals surface area contributed by atoms with Gasteiger partial charge < -0.3 is 0 Å². The van der Waals surface area contributed by atoms with Crippen LogP contribution in [0.1, 0.15) is 22.3 Å². The van der Waals surface area contributed by atoms with Crippen LogP contribution in [0.3, 0.4) is 0 Å². The topological polar surface area (TPSA) is 38.0 Å². The van der Waals surface area contributed by atoms with Crippen LogP contribution in [0.2, 0.25) is 0 Å². The van der Waals surface area contributed by atoms with Gasteiger partial charge in [-0.1, -0.05) is 17.7 Å². The standard InChI is InChI=1S/C10H16N2/c1-7-4-8(2)10(6-12-11)9(3)5-7/h4-5,12H,6,11H2,1-3H3. The first-order valence-corrected chi connectivity index (χ1v) is 4.15. The lowest BCUT2D eigenvalue weighted by atomic mass is 10.0. The van der Waals surface area contributed by atoms with E-state index in [-0.39, 0.29) is 0 Å². The zero-order chi connectivity index (χ0) is 9.14. The Morgan fingerprint density at radius 1 is 1.17 bits per heavy atom. The van der Waals surface area contributed by atoms with Crippen LogP contribution >= 0.6 is 0 Å². The first-order valence-electron chi connectivity index (χ1n) is 4.15. The second-order valence-corrected chi connectivity index (χ2v) is 3.26. The molecule has 0 aliphatic heterocycles. The van der Waals surface area contributed by atoms with E-state index in [9.17, 15) is 0 Å². The largest absolute Gasteiger partial charge is 0.271 e. The minimum absolute atomic E-state index is 0.748. The van der Waals surface area contributed by atoms with Gasteiger partial charge in [-0.2, -0.15) is 0 Å². The molecule has 0 atom stereocenters. The van der Waals surface area contributed by atoms with Crippen molar-refractivity contribution in [1.29, 1.82) is 0 Å². The zero-order valence-corrected chi connectivity index (χ0v) is 7.94. The molecule has 0 amide bonds. The number of aryl methyl sites for hydroxylation is 3. The average molecular weight is 164 g/mol. The summed E-state index contributed by atoms with van der Waals surface area (Å²) in [7, 11) is 0. The molecule has 0 unspecified atom stereocenters. The zero-order valence-electron chi connectivity index (χ0n) is 7.94. The van der Waals surface area contributed by atoms with Gasteiger partial charge >= 0.3 is 0 Å². The fourth-order valence-corrected chi connectivity index (χ4v) is 1.59. The summed E-state index contributed by atoms with van der Waals surface area (Å²) >= 11 is 0. The maximum absolute atomic E-state index is 5.29. The monoisotopic (exact) mass is 164 g/mol. The van der Waals surface area contributed by atoms with Crippen molar-refractivity contribution in [2.75, 3.05) is 0 Å². The predicted molar refractivity (Wildman–Crippen MR) is 51.7 cm³/mol. The maximum Gasteiger partial charge on any atom is 0.0353 e. The maximum atomic E-state index is 5.29. The molecule has 0 spiro atoms. The molecule has 0 saturated heterocycles. The molecule has 0 aliphatic carbocycles. The van der Waals surface area contributed by atoms with Crippen LogP contribution in [0.15, 0.2) is 12.1 Å². The Morgan fingerprint density at radius 2 is 1.67 bits per heavy atom. The molecule has 0 saturated carbocycles. The van der Waals surface area contributed by atoms with Crippen LogP contribution in [-0.2, 0) is 6.54 Å². The van der Waals surface area contributed by atoms with Gasteiger partial charge in [0.1, 0.15) is 0 Å². The van der Waals surface area contributed by atoms with Crippen LogP contribution in [0, 0.1) is 20.8 Å². The second kappa shape index (κ2) is 3.70. The van der Waals surface area contributed by atoms with Gasteiger partial charge in [0.15, 0.2) is 0 Å². The van der Waals surface area contributed by atoms with Crippen molar-refractivity contribution < 1.29 is 0 Å². The van der Waals surface area contributed by atoms with Crippen molar-refractivity contribution in [3.8, 4) is 0 Å². The third-order valence-electron chi connectivity index (χ3n) is 2.12. The lowest BCUT2D eigenvalue weighted by Crippen LogP contribution is -2.22. The lowest BCUT2D eigenvalue weighted by Gasteiger charge is -2.09. The van der Waals surface area contributed by atoms with Crippen molar-refractivity contribution in [3.63, 3.8) is 0 Å². The molecule has 0 bridgehead atoms. The van der Waals surface area contributed by atoms with E-state index in [1.54, 1.807) is 0 Å². The van der Waals surface area contributed by atoms with Crippen molar-refractivity contribution in [2.24, 2.45) is 5.84 Å². The van der Waals surface area contributed by atoms with Crippen molar-refractivity contribution in [2.45, 2.75) is 27.3 Å². The quantitative estimate of drug-likeness (QED) is 0.514. The van der Waals surface area contributed by atoms with Crippen molar-refractivity contribution in [3.05, 3.63) is 34.4 Å². The Balaban J connectivity index is 3.10. The first-order chi connectivity index (χ1) is 5.65. The molecule has 0 fully saturated rings. The summed E-state index contributed by atoms with van der Waals surface area (Å²) in [6.45, 7) is 7.09. The SMILES string of the molecule is Cc1cc(C)c(CNN)c(C)c1. The molecule has 12 heavy (non-hydrogen) atoms. The Hall–Kier alpha value is -0.860. The summed E-state index contributed by atoms with van der Waals surface area (Å²) in [6, 6.07) is 4.36. The van der Waals surface area contributed by atoms with Gasteiger partial charge in [-0.05, 0) is 37.5 Å². The summed E-state index contributed by atoms with van der Waals surface area (Å²) in [6.07, 6.45) is 0. The van der Waals surface area contributed by atoms with Gasteiger partial charge in [-0.15, -0.1) is 0 Å². The minimum Gasteiger partial charge on any atom is -0.271 e. The van der Waals surface area contributed by atoms with Gasteiger partial charge in [-0.3, -0.25) is 11.3 Å². The average Bonchev–Trinajstić information content (AvgIpc) is 1.96. The Bertz CT molecular complexity index is 256. The molecule has 1 aromatic carbocycles. The molecule has 66 valence electrons. The van der Waals surface area contributed by atoms with Crippen LogP contribution in [0.5, 0.6) is 0 Å². The van der Waals surface area contributed by atoms with Crippen LogP contribution < -0.4 is 11.3 Å². The highest BCUT2D eigenvalue weighted by Crippen LogP contribution is 2.15. The molecule has 0 heterocycles. The first kappa shape index (κ1) is 9.23. The van der Waals surface area contributed by atoms with E-state index < -0.39 is 0 Å². The highest BCUT2D eigenvalue weighted by Gasteiger charge is 2.01. The van der Waals surface area contributed by atoms with Crippen molar-refractivity contribution in [1.82, 2.24) is 5.43 Å². The third-order valence-corrected chi connectivity index (χ3v) is 2.12.